The Morgan fingerprint density at radius 2 is 1.75 bits per heavy atom. The van der Waals surface area contributed by atoms with Gasteiger partial charge in [-0.05, 0) is 37.6 Å². The third kappa shape index (κ3) is 3.91. The molecule has 0 bridgehead atoms. The Bertz CT molecular complexity index is 951. The maximum Gasteiger partial charge on any atom is 0.292 e. The van der Waals surface area contributed by atoms with Gasteiger partial charge in [-0.25, -0.2) is 4.39 Å². The zero-order valence-corrected chi connectivity index (χ0v) is 15.8. The molecule has 1 aromatic heterocycles. The van der Waals surface area contributed by atoms with Crippen LogP contribution >= 0.6 is 0 Å². The van der Waals surface area contributed by atoms with Crippen LogP contribution in [0.4, 0.5) is 10.1 Å². The Balaban J connectivity index is 1.44. The highest BCUT2D eigenvalue weighted by molar-refractivity contribution is 5.92. The van der Waals surface area contributed by atoms with E-state index in [4.69, 9.17) is 4.52 Å². The predicted octanol–water partition coefficient (Wildman–Crippen LogP) is 4.14. The second-order valence-corrected chi connectivity index (χ2v) is 7.05. The quantitative estimate of drug-likeness (QED) is 0.686. The smallest absolute Gasteiger partial charge is 0.292 e. The minimum Gasteiger partial charge on any atom is -0.370 e. The van der Waals surface area contributed by atoms with Crippen molar-refractivity contribution in [1.29, 1.82) is 0 Å². The van der Waals surface area contributed by atoms with Crippen LogP contribution in [0.25, 0.3) is 11.3 Å². The lowest BCUT2D eigenvalue weighted by Gasteiger charge is -2.23. The van der Waals surface area contributed by atoms with E-state index in [1.807, 2.05) is 31.2 Å². The molecule has 28 heavy (non-hydrogen) atoms. The van der Waals surface area contributed by atoms with Gasteiger partial charge in [0.15, 0.2) is 0 Å². The fraction of sp³-hybridized carbons (Fsp3) is 0.273. The Morgan fingerprint density at radius 3 is 2.50 bits per heavy atom. The van der Waals surface area contributed by atoms with Crippen LogP contribution in [0.15, 0.2) is 59.1 Å². The van der Waals surface area contributed by atoms with Crippen LogP contribution in [0.3, 0.4) is 0 Å². The lowest BCUT2D eigenvalue weighted by atomic mass is 10.1. The number of carbonyl (C=O) groups excluding carboxylic acids is 1. The Labute approximate surface area is 163 Å². The lowest BCUT2D eigenvalue weighted by molar-refractivity contribution is 0.0725. The molecule has 1 saturated heterocycles. The van der Waals surface area contributed by atoms with Crippen molar-refractivity contribution < 1.29 is 13.7 Å². The molecule has 144 valence electrons. The molecule has 0 unspecified atom stereocenters. The summed E-state index contributed by atoms with van der Waals surface area (Å²) in [7, 11) is 0. The Morgan fingerprint density at radius 1 is 1.00 bits per heavy atom. The van der Waals surface area contributed by atoms with E-state index in [0.717, 1.165) is 24.2 Å². The molecule has 0 saturated carbocycles. The first kappa shape index (κ1) is 18.2. The van der Waals surface area contributed by atoms with Crippen molar-refractivity contribution in [3.8, 4) is 11.3 Å². The molecule has 0 radical (unpaired) electrons. The van der Waals surface area contributed by atoms with Crippen LogP contribution in [-0.2, 0) is 0 Å². The maximum absolute atomic E-state index is 13.1. The summed E-state index contributed by atoms with van der Waals surface area (Å²) >= 11 is 0. The van der Waals surface area contributed by atoms with Crippen molar-refractivity contribution in [1.82, 2.24) is 10.1 Å². The van der Waals surface area contributed by atoms with Crippen molar-refractivity contribution in [3.05, 3.63) is 71.7 Å². The average molecular weight is 379 g/mol. The van der Waals surface area contributed by atoms with Gasteiger partial charge in [-0.3, -0.25) is 4.79 Å². The van der Waals surface area contributed by atoms with Crippen LogP contribution in [-0.4, -0.2) is 42.1 Å². The molecule has 5 nitrogen and oxygen atoms in total. The minimum atomic E-state index is -0.245. The van der Waals surface area contributed by atoms with E-state index in [1.54, 1.807) is 23.1 Å². The summed E-state index contributed by atoms with van der Waals surface area (Å²) in [5, 5.41) is 4.06. The molecule has 2 heterocycles. The summed E-state index contributed by atoms with van der Waals surface area (Å²) in [5.74, 6) is -0.136. The average Bonchev–Trinajstić information content (AvgIpc) is 3.07. The van der Waals surface area contributed by atoms with E-state index in [-0.39, 0.29) is 17.5 Å². The van der Waals surface area contributed by atoms with Crippen LogP contribution < -0.4 is 4.90 Å². The molecule has 2 aromatic carbocycles. The molecule has 1 aliphatic rings. The second-order valence-electron chi connectivity index (χ2n) is 7.05. The number of carbonyl (C=O) groups is 1. The van der Waals surface area contributed by atoms with E-state index in [9.17, 15) is 9.18 Å². The molecular formula is C22H22FN3O2. The first-order valence-corrected chi connectivity index (χ1v) is 9.44. The zero-order valence-electron chi connectivity index (χ0n) is 15.8. The summed E-state index contributed by atoms with van der Waals surface area (Å²) in [5.41, 5.74) is 3.72. The van der Waals surface area contributed by atoms with Crippen LogP contribution in [0.2, 0.25) is 0 Å². The van der Waals surface area contributed by atoms with Gasteiger partial charge in [-0.15, -0.1) is 0 Å². The maximum atomic E-state index is 13.1. The third-order valence-electron chi connectivity index (χ3n) is 5.04. The summed E-state index contributed by atoms with van der Waals surface area (Å²) in [6.07, 6.45) is 0.835. The molecule has 6 heteroatoms. The number of aromatic nitrogens is 1. The number of aryl methyl sites for hydroxylation is 1. The molecule has 0 N–H and O–H groups in total. The first-order chi connectivity index (χ1) is 13.6. The molecule has 0 spiro atoms. The minimum absolute atomic E-state index is 0.146. The van der Waals surface area contributed by atoms with Gasteiger partial charge in [0, 0.05) is 43.5 Å². The highest BCUT2D eigenvalue weighted by atomic mass is 19.1. The van der Waals surface area contributed by atoms with Crippen molar-refractivity contribution in [2.24, 2.45) is 0 Å². The lowest BCUT2D eigenvalue weighted by Crippen LogP contribution is -2.35. The topological polar surface area (TPSA) is 49.6 Å². The second kappa shape index (κ2) is 7.84. The van der Waals surface area contributed by atoms with Gasteiger partial charge in [-0.1, -0.05) is 35.0 Å². The van der Waals surface area contributed by atoms with E-state index in [2.05, 4.69) is 10.1 Å². The number of halogens is 1. The fourth-order valence-electron chi connectivity index (χ4n) is 3.42. The predicted molar refractivity (Wildman–Crippen MR) is 106 cm³/mol. The molecular weight excluding hydrogens is 357 g/mol. The number of amides is 1. The first-order valence-electron chi connectivity index (χ1n) is 9.44. The van der Waals surface area contributed by atoms with Gasteiger partial charge in [0.1, 0.15) is 11.5 Å². The van der Waals surface area contributed by atoms with E-state index in [0.29, 0.717) is 25.3 Å². The Kier molecular flexibility index (Phi) is 5.10. The molecule has 3 aromatic rings. The monoisotopic (exact) mass is 379 g/mol. The highest BCUT2D eigenvalue weighted by Crippen LogP contribution is 2.22. The third-order valence-corrected chi connectivity index (χ3v) is 5.04. The standard InChI is InChI=1S/C22H22FN3O2/c1-16-3-5-17(6-4-16)20-15-21(28-24-20)22(27)26-12-2-11-25(13-14-26)19-9-7-18(23)8-10-19/h3-10,15H,2,11-14H2,1H3. The molecule has 1 aliphatic heterocycles. The van der Waals surface area contributed by atoms with Crippen molar-refractivity contribution >= 4 is 11.6 Å². The van der Waals surface area contributed by atoms with Crippen molar-refractivity contribution in [3.63, 3.8) is 0 Å². The normalized spacial score (nSPS) is 14.8. The summed E-state index contributed by atoms with van der Waals surface area (Å²) in [6, 6.07) is 16.1. The summed E-state index contributed by atoms with van der Waals surface area (Å²) < 4.78 is 18.5. The number of hydrogen-bond acceptors (Lipinski definition) is 4. The largest absolute Gasteiger partial charge is 0.370 e. The van der Waals surface area contributed by atoms with Crippen LogP contribution in [0, 0.1) is 12.7 Å². The molecule has 1 amide bonds. The number of benzene rings is 2. The highest BCUT2D eigenvalue weighted by Gasteiger charge is 2.24. The number of rotatable bonds is 3. The van der Waals surface area contributed by atoms with Gasteiger partial charge in [0.05, 0.1) is 0 Å². The van der Waals surface area contributed by atoms with Gasteiger partial charge in [-0.2, -0.15) is 0 Å². The summed E-state index contributed by atoms with van der Waals surface area (Å²) in [6.45, 7) is 4.76. The van der Waals surface area contributed by atoms with E-state index in [1.165, 1.54) is 17.7 Å². The van der Waals surface area contributed by atoms with Crippen LogP contribution in [0.5, 0.6) is 0 Å². The molecule has 1 fully saturated rings. The van der Waals surface area contributed by atoms with Gasteiger partial charge >= 0.3 is 0 Å². The molecule has 0 aliphatic carbocycles. The van der Waals surface area contributed by atoms with Gasteiger partial charge in [0.25, 0.3) is 5.91 Å². The number of nitrogens with zero attached hydrogens (tertiary/aromatic N) is 3. The zero-order chi connectivity index (χ0) is 19.5. The number of anilines is 1. The van der Waals surface area contributed by atoms with Gasteiger partial charge < -0.3 is 14.3 Å². The molecule has 4 rings (SSSR count). The van der Waals surface area contributed by atoms with Crippen molar-refractivity contribution in [2.75, 3.05) is 31.1 Å². The van der Waals surface area contributed by atoms with Gasteiger partial charge in [0.2, 0.25) is 5.76 Å². The van der Waals surface area contributed by atoms with E-state index >= 15 is 0 Å². The SMILES string of the molecule is Cc1ccc(-c2cc(C(=O)N3CCCN(c4ccc(F)cc4)CC3)on2)cc1. The van der Waals surface area contributed by atoms with Crippen LogP contribution in [0.1, 0.15) is 22.5 Å². The fourth-order valence-corrected chi connectivity index (χ4v) is 3.42. The Hall–Kier alpha value is -3.15. The molecule has 0 atom stereocenters. The van der Waals surface area contributed by atoms with E-state index < -0.39 is 0 Å². The van der Waals surface area contributed by atoms with Crippen molar-refractivity contribution in [2.45, 2.75) is 13.3 Å². The summed E-state index contributed by atoms with van der Waals surface area (Å²) in [4.78, 5) is 16.8. The number of hydrogen-bond donors (Lipinski definition) is 0.